The van der Waals surface area contributed by atoms with Gasteiger partial charge in [-0.25, -0.2) is 0 Å². The molecule has 0 spiro atoms. The van der Waals surface area contributed by atoms with Crippen molar-refractivity contribution >= 4 is 11.8 Å². The maximum Gasteiger partial charge on any atom is 0.417 e. The molecule has 0 unspecified atom stereocenters. The topological polar surface area (TPSA) is 56.7 Å². The minimum absolute atomic E-state index is 0.0674. The molecule has 0 amide bonds. The van der Waals surface area contributed by atoms with E-state index < -0.39 is 11.7 Å². The van der Waals surface area contributed by atoms with Gasteiger partial charge in [0.05, 0.1) is 5.56 Å². The van der Waals surface area contributed by atoms with Crippen LogP contribution in [-0.2, 0) is 19.8 Å². The van der Waals surface area contributed by atoms with Crippen molar-refractivity contribution in [3.63, 3.8) is 0 Å². The van der Waals surface area contributed by atoms with Crippen LogP contribution in [-0.4, -0.2) is 14.8 Å². The number of nitrogens with zero attached hydrogens (tertiary/aromatic N) is 3. The lowest BCUT2D eigenvalue weighted by Crippen LogP contribution is -2.09. The fourth-order valence-electron chi connectivity index (χ4n) is 1.48. The van der Waals surface area contributed by atoms with Gasteiger partial charge in [-0.1, -0.05) is 6.07 Å². The molecule has 0 atom stereocenters. The van der Waals surface area contributed by atoms with Crippen LogP contribution in [0.5, 0.6) is 0 Å². The molecule has 0 saturated heterocycles. The molecule has 2 N–H and O–H groups in total. The van der Waals surface area contributed by atoms with Crippen molar-refractivity contribution < 1.29 is 13.2 Å². The Kier molecular flexibility index (Phi) is 3.81. The van der Waals surface area contributed by atoms with E-state index in [0.717, 1.165) is 17.8 Å². The number of aromatic nitrogens is 3. The molecule has 1 heterocycles. The highest BCUT2D eigenvalue weighted by atomic mass is 32.2. The van der Waals surface area contributed by atoms with Crippen molar-refractivity contribution in [1.82, 2.24) is 14.8 Å². The van der Waals surface area contributed by atoms with Gasteiger partial charge >= 0.3 is 6.18 Å². The highest BCUT2D eigenvalue weighted by Crippen LogP contribution is 2.39. The molecule has 102 valence electrons. The first kappa shape index (κ1) is 13.9. The Morgan fingerprint density at radius 2 is 2.11 bits per heavy atom. The normalized spacial score (nSPS) is 11.8. The standard InChI is InChI=1S/C11H11F3N4S/c1-18-6-16-17-10(18)19-9-3-2-7(5-15)4-8(9)11(12,13)14/h2-4,6H,5,15H2,1H3. The van der Waals surface area contributed by atoms with Gasteiger partial charge in [-0.3, -0.25) is 0 Å². The second-order valence-electron chi connectivity index (χ2n) is 3.86. The third-order valence-electron chi connectivity index (χ3n) is 2.46. The fraction of sp³-hybridized carbons (Fsp3) is 0.273. The van der Waals surface area contributed by atoms with Gasteiger partial charge in [0.15, 0.2) is 5.16 Å². The molecule has 1 aromatic heterocycles. The zero-order valence-corrected chi connectivity index (χ0v) is 10.8. The Hall–Kier alpha value is -1.54. The molecule has 2 aromatic rings. The van der Waals surface area contributed by atoms with Crippen molar-refractivity contribution in [1.29, 1.82) is 0 Å². The third kappa shape index (κ3) is 3.07. The molecule has 2 rings (SSSR count). The number of benzene rings is 1. The van der Waals surface area contributed by atoms with E-state index in [2.05, 4.69) is 10.2 Å². The van der Waals surface area contributed by atoms with Crippen molar-refractivity contribution in [2.24, 2.45) is 12.8 Å². The SMILES string of the molecule is Cn1cnnc1Sc1ccc(CN)cc1C(F)(F)F. The van der Waals surface area contributed by atoms with E-state index in [-0.39, 0.29) is 11.4 Å². The molecular weight excluding hydrogens is 277 g/mol. The quantitative estimate of drug-likeness (QED) is 0.942. The van der Waals surface area contributed by atoms with E-state index in [1.807, 2.05) is 0 Å². The van der Waals surface area contributed by atoms with Gasteiger partial charge in [0, 0.05) is 18.5 Å². The Labute approximate surface area is 111 Å². The molecule has 0 aliphatic rings. The highest BCUT2D eigenvalue weighted by Gasteiger charge is 2.34. The average molecular weight is 288 g/mol. The van der Waals surface area contributed by atoms with E-state index in [4.69, 9.17) is 5.73 Å². The average Bonchev–Trinajstić information content (AvgIpc) is 2.74. The van der Waals surface area contributed by atoms with Crippen molar-refractivity contribution in [3.05, 3.63) is 35.7 Å². The Morgan fingerprint density at radius 1 is 1.37 bits per heavy atom. The first-order chi connectivity index (χ1) is 8.91. The summed E-state index contributed by atoms with van der Waals surface area (Å²) in [6, 6.07) is 4.05. The van der Waals surface area contributed by atoms with Crippen LogP contribution in [0.2, 0.25) is 0 Å². The van der Waals surface area contributed by atoms with Crippen LogP contribution in [0.4, 0.5) is 13.2 Å². The van der Waals surface area contributed by atoms with Crippen molar-refractivity contribution in [3.8, 4) is 0 Å². The van der Waals surface area contributed by atoms with Crippen LogP contribution >= 0.6 is 11.8 Å². The highest BCUT2D eigenvalue weighted by molar-refractivity contribution is 7.99. The summed E-state index contributed by atoms with van der Waals surface area (Å²) in [7, 11) is 1.67. The summed E-state index contributed by atoms with van der Waals surface area (Å²) in [5, 5.41) is 7.79. The summed E-state index contributed by atoms with van der Waals surface area (Å²) in [5.74, 6) is 0. The lowest BCUT2D eigenvalue weighted by atomic mass is 10.1. The van der Waals surface area contributed by atoms with Gasteiger partial charge in [0.25, 0.3) is 0 Å². The van der Waals surface area contributed by atoms with Crippen LogP contribution in [0.1, 0.15) is 11.1 Å². The molecule has 8 heteroatoms. The largest absolute Gasteiger partial charge is 0.417 e. The number of nitrogens with two attached hydrogens (primary N) is 1. The zero-order valence-electron chi connectivity index (χ0n) is 9.98. The van der Waals surface area contributed by atoms with Crippen molar-refractivity contribution in [2.75, 3.05) is 0 Å². The maximum absolute atomic E-state index is 13.0. The van der Waals surface area contributed by atoms with Crippen LogP contribution in [0.3, 0.4) is 0 Å². The first-order valence-electron chi connectivity index (χ1n) is 5.34. The Bertz CT molecular complexity index is 580. The smallest absolute Gasteiger partial charge is 0.326 e. The number of halogens is 3. The van der Waals surface area contributed by atoms with Gasteiger partial charge in [-0.2, -0.15) is 13.2 Å². The van der Waals surface area contributed by atoms with Gasteiger partial charge in [-0.15, -0.1) is 10.2 Å². The molecule has 0 radical (unpaired) electrons. The molecule has 0 bridgehead atoms. The van der Waals surface area contributed by atoms with Gasteiger partial charge in [-0.05, 0) is 29.5 Å². The first-order valence-corrected chi connectivity index (χ1v) is 6.15. The van der Waals surface area contributed by atoms with E-state index in [0.29, 0.717) is 10.7 Å². The van der Waals surface area contributed by atoms with Crippen LogP contribution in [0, 0.1) is 0 Å². The summed E-state index contributed by atoms with van der Waals surface area (Å²) in [6.45, 7) is 0.0674. The summed E-state index contributed by atoms with van der Waals surface area (Å²) in [4.78, 5) is 0.0841. The number of hydrogen-bond donors (Lipinski definition) is 1. The summed E-state index contributed by atoms with van der Waals surface area (Å²) < 4.78 is 40.5. The summed E-state index contributed by atoms with van der Waals surface area (Å²) in [6.07, 6.45) is -2.99. The number of rotatable bonds is 3. The minimum Gasteiger partial charge on any atom is -0.326 e. The molecule has 0 saturated carbocycles. The Balaban J connectivity index is 2.42. The van der Waals surface area contributed by atoms with Gasteiger partial charge in [0.2, 0.25) is 0 Å². The summed E-state index contributed by atoms with van der Waals surface area (Å²) in [5.41, 5.74) is 5.11. The van der Waals surface area contributed by atoms with Gasteiger partial charge in [0.1, 0.15) is 6.33 Å². The lowest BCUT2D eigenvalue weighted by molar-refractivity contribution is -0.139. The predicted molar refractivity (Wildman–Crippen MR) is 64.5 cm³/mol. The van der Waals surface area contributed by atoms with E-state index in [9.17, 15) is 13.2 Å². The monoisotopic (exact) mass is 288 g/mol. The van der Waals surface area contributed by atoms with Gasteiger partial charge < -0.3 is 10.3 Å². The third-order valence-corrected chi connectivity index (χ3v) is 3.58. The zero-order chi connectivity index (χ0) is 14.0. The minimum atomic E-state index is -4.42. The van der Waals surface area contributed by atoms with Crippen LogP contribution in [0.15, 0.2) is 34.6 Å². The number of hydrogen-bond acceptors (Lipinski definition) is 4. The van der Waals surface area contributed by atoms with E-state index in [1.54, 1.807) is 17.7 Å². The molecule has 4 nitrogen and oxygen atoms in total. The molecule has 0 aliphatic heterocycles. The molecular formula is C11H11F3N4S. The van der Waals surface area contributed by atoms with Crippen LogP contribution in [0.25, 0.3) is 0 Å². The van der Waals surface area contributed by atoms with Crippen molar-refractivity contribution in [2.45, 2.75) is 22.8 Å². The van der Waals surface area contributed by atoms with E-state index >= 15 is 0 Å². The fourth-order valence-corrected chi connectivity index (χ4v) is 2.37. The second-order valence-corrected chi connectivity index (χ2v) is 4.87. The van der Waals surface area contributed by atoms with Crippen LogP contribution < -0.4 is 5.73 Å². The van der Waals surface area contributed by atoms with E-state index in [1.165, 1.54) is 12.4 Å². The molecule has 19 heavy (non-hydrogen) atoms. The Morgan fingerprint density at radius 3 is 2.63 bits per heavy atom. The number of aryl methyl sites for hydroxylation is 1. The maximum atomic E-state index is 13.0. The molecule has 0 aliphatic carbocycles. The predicted octanol–water partition coefficient (Wildman–Crippen LogP) is 2.44. The second kappa shape index (κ2) is 5.22. The lowest BCUT2D eigenvalue weighted by Gasteiger charge is -2.13. The molecule has 0 fully saturated rings. The molecule has 1 aromatic carbocycles. The number of alkyl halides is 3. The summed E-state index contributed by atoms with van der Waals surface area (Å²) >= 11 is 0.922.